The Morgan fingerprint density at radius 3 is 1.33 bits per heavy atom. The summed E-state index contributed by atoms with van der Waals surface area (Å²) in [5, 5.41) is 8.31. The van der Waals surface area contributed by atoms with Crippen molar-refractivity contribution in [3.63, 3.8) is 0 Å². The Bertz CT molecular complexity index is 786. The maximum atomic E-state index is 10.8. The fourth-order valence-corrected chi connectivity index (χ4v) is 3.71. The van der Waals surface area contributed by atoms with Crippen molar-refractivity contribution in [3.8, 4) is 0 Å². The van der Waals surface area contributed by atoms with E-state index in [9.17, 15) is 4.79 Å². The van der Waals surface area contributed by atoms with Crippen molar-refractivity contribution in [1.82, 2.24) is 15.0 Å². The molecule has 1 aromatic heterocycles. The van der Waals surface area contributed by atoms with Gasteiger partial charge in [-0.05, 0) is 19.3 Å². The van der Waals surface area contributed by atoms with E-state index in [-0.39, 0.29) is 5.78 Å². The average molecular weight is 664 g/mol. The number of unbranched alkanes of at least 4 members (excludes halogenated alkanes) is 1. The van der Waals surface area contributed by atoms with Crippen molar-refractivity contribution in [2.45, 2.75) is 59.6 Å². The molecule has 0 fully saturated rings. The van der Waals surface area contributed by atoms with Crippen molar-refractivity contribution >= 4 is 5.78 Å². The van der Waals surface area contributed by atoms with Gasteiger partial charge in [0.15, 0.2) is 0 Å². The highest BCUT2D eigenvalue weighted by molar-refractivity contribution is 5.75. The Kier molecular flexibility index (Phi) is 30.7. The Labute approximate surface area is 275 Å². The molecule has 0 radical (unpaired) electrons. The van der Waals surface area contributed by atoms with E-state index in [1.54, 1.807) is 6.92 Å². The molecule has 0 aliphatic rings. The SMILES string of the molecule is CC(=O)CCOCCOCCOCCOCCOCCOCCOCCOCCOCCOCc1cn(CCCCC(C)C)nn1. The zero-order valence-corrected chi connectivity index (χ0v) is 28.7. The minimum Gasteiger partial charge on any atom is -0.379 e. The van der Waals surface area contributed by atoms with Gasteiger partial charge in [0.25, 0.3) is 0 Å². The van der Waals surface area contributed by atoms with E-state index in [1.807, 2.05) is 10.9 Å². The molecule has 0 aliphatic heterocycles. The van der Waals surface area contributed by atoms with Gasteiger partial charge < -0.3 is 47.4 Å². The molecule has 14 nitrogen and oxygen atoms in total. The second kappa shape index (κ2) is 33.3. The predicted molar refractivity (Wildman–Crippen MR) is 171 cm³/mol. The maximum Gasteiger partial charge on any atom is 0.132 e. The van der Waals surface area contributed by atoms with Gasteiger partial charge in [-0.25, -0.2) is 0 Å². The number of aryl methyl sites for hydroxylation is 1. The average Bonchev–Trinajstić information content (AvgIpc) is 3.49. The summed E-state index contributed by atoms with van der Waals surface area (Å²) in [6.07, 6.45) is 5.97. The number of hydrogen-bond donors (Lipinski definition) is 0. The molecular formula is C32H61N3O11. The third-order valence-electron chi connectivity index (χ3n) is 6.20. The summed E-state index contributed by atoms with van der Waals surface area (Å²) >= 11 is 0. The topological polar surface area (TPSA) is 140 Å². The highest BCUT2D eigenvalue weighted by atomic mass is 16.6. The summed E-state index contributed by atoms with van der Waals surface area (Å²) < 4.78 is 56.5. The highest BCUT2D eigenvalue weighted by Crippen LogP contribution is 2.07. The lowest BCUT2D eigenvalue weighted by molar-refractivity contribution is -0.118. The van der Waals surface area contributed by atoms with Crippen LogP contribution in [0.1, 0.15) is 52.1 Å². The fourth-order valence-electron chi connectivity index (χ4n) is 3.71. The van der Waals surface area contributed by atoms with Crippen LogP contribution in [0.3, 0.4) is 0 Å². The number of aromatic nitrogens is 3. The smallest absolute Gasteiger partial charge is 0.132 e. The first-order valence-corrected chi connectivity index (χ1v) is 16.7. The van der Waals surface area contributed by atoms with Gasteiger partial charge in [0.1, 0.15) is 11.5 Å². The molecule has 0 amide bonds. The van der Waals surface area contributed by atoms with Gasteiger partial charge in [-0.1, -0.05) is 31.9 Å². The van der Waals surface area contributed by atoms with Gasteiger partial charge in [0.2, 0.25) is 0 Å². The van der Waals surface area contributed by atoms with E-state index in [1.165, 1.54) is 12.8 Å². The summed E-state index contributed by atoms with van der Waals surface area (Å²) in [4.78, 5) is 10.8. The first-order chi connectivity index (χ1) is 22.6. The van der Waals surface area contributed by atoms with Crippen molar-refractivity contribution in [1.29, 1.82) is 0 Å². The van der Waals surface area contributed by atoms with Crippen molar-refractivity contribution in [2.24, 2.45) is 5.92 Å². The lowest BCUT2D eigenvalue weighted by Gasteiger charge is -2.09. The molecule has 1 rings (SSSR count). The quantitative estimate of drug-likeness (QED) is 0.0965. The van der Waals surface area contributed by atoms with Gasteiger partial charge in [0, 0.05) is 13.0 Å². The molecular weight excluding hydrogens is 602 g/mol. The van der Waals surface area contributed by atoms with Crippen LogP contribution in [0.2, 0.25) is 0 Å². The van der Waals surface area contributed by atoms with Crippen LogP contribution in [0.25, 0.3) is 0 Å². The van der Waals surface area contributed by atoms with E-state index in [0.717, 1.165) is 24.6 Å². The number of Topliss-reactive ketones (excluding diaryl/α,β-unsaturated/α-hetero) is 1. The van der Waals surface area contributed by atoms with E-state index in [2.05, 4.69) is 24.2 Å². The van der Waals surface area contributed by atoms with E-state index < -0.39 is 0 Å². The number of rotatable bonds is 37. The van der Waals surface area contributed by atoms with Crippen LogP contribution in [0.5, 0.6) is 0 Å². The highest BCUT2D eigenvalue weighted by Gasteiger charge is 2.02. The van der Waals surface area contributed by atoms with Crippen LogP contribution in [-0.4, -0.2) is 146 Å². The molecule has 0 aromatic carbocycles. The monoisotopic (exact) mass is 663 g/mol. The van der Waals surface area contributed by atoms with Crippen LogP contribution >= 0.6 is 0 Å². The van der Waals surface area contributed by atoms with E-state index in [0.29, 0.717) is 139 Å². The molecule has 1 aromatic rings. The molecule has 1 heterocycles. The number of ketones is 1. The van der Waals surface area contributed by atoms with Crippen LogP contribution in [0.15, 0.2) is 6.20 Å². The number of hydrogen-bond acceptors (Lipinski definition) is 13. The predicted octanol–water partition coefficient (Wildman–Crippen LogP) is 2.75. The van der Waals surface area contributed by atoms with Gasteiger partial charge in [0.05, 0.1) is 138 Å². The van der Waals surface area contributed by atoms with E-state index in [4.69, 9.17) is 47.4 Å². The molecule has 14 heteroatoms. The molecule has 0 unspecified atom stereocenters. The molecule has 46 heavy (non-hydrogen) atoms. The summed E-state index contributed by atoms with van der Waals surface area (Å²) in [6, 6.07) is 0. The van der Waals surface area contributed by atoms with Crippen molar-refractivity contribution < 1.29 is 52.2 Å². The second-order valence-electron chi connectivity index (χ2n) is 10.9. The molecule has 0 saturated carbocycles. The first kappa shape index (κ1) is 42.4. The van der Waals surface area contributed by atoms with E-state index >= 15 is 0 Å². The normalized spacial score (nSPS) is 11.7. The molecule has 0 saturated heterocycles. The van der Waals surface area contributed by atoms with Crippen LogP contribution < -0.4 is 0 Å². The Hall–Kier alpha value is -1.59. The Morgan fingerprint density at radius 1 is 0.587 bits per heavy atom. The number of nitrogens with zero attached hydrogens (tertiary/aromatic N) is 3. The minimum absolute atomic E-state index is 0.127. The largest absolute Gasteiger partial charge is 0.379 e. The van der Waals surface area contributed by atoms with Crippen molar-refractivity contribution in [3.05, 3.63) is 11.9 Å². The van der Waals surface area contributed by atoms with Gasteiger partial charge in [-0.2, -0.15) is 0 Å². The Balaban J connectivity index is 1.68. The minimum atomic E-state index is 0.127. The summed E-state index contributed by atoms with van der Waals surface area (Å²) in [7, 11) is 0. The molecule has 0 bridgehead atoms. The lowest BCUT2D eigenvalue weighted by Crippen LogP contribution is -2.15. The first-order valence-electron chi connectivity index (χ1n) is 16.7. The molecule has 0 atom stereocenters. The third kappa shape index (κ3) is 31.0. The summed E-state index contributed by atoms with van der Waals surface area (Å²) in [5.41, 5.74) is 0.840. The maximum absolute atomic E-state index is 10.8. The summed E-state index contributed by atoms with van der Waals surface area (Å²) in [5.74, 6) is 0.873. The molecule has 270 valence electrons. The Morgan fingerprint density at radius 2 is 0.957 bits per heavy atom. The van der Waals surface area contributed by atoms with Gasteiger partial charge in [-0.15, -0.1) is 5.10 Å². The standard InChI is InChI=1S/C32H61N3O11/c1-30(2)6-4-5-8-35-28-32(33-34-35)29-46-27-26-45-25-24-44-23-22-43-21-20-42-19-18-41-17-16-40-15-14-39-13-12-38-11-10-37-9-7-31(3)36/h28,30H,4-27,29H2,1-3H3. The fraction of sp³-hybridized carbons (Fsp3) is 0.906. The van der Waals surface area contributed by atoms with Gasteiger partial charge >= 0.3 is 0 Å². The van der Waals surface area contributed by atoms with Crippen molar-refractivity contribution in [2.75, 3.05) is 126 Å². The molecule has 0 aliphatic carbocycles. The molecule has 0 N–H and O–H groups in total. The number of carbonyl (C=O) groups is 1. The third-order valence-corrected chi connectivity index (χ3v) is 6.20. The summed E-state index contributed by atoms with van der Waals surface area (Å²) in [6.45, 7) is 16.9. The molecule has 0 spiro atoms. The number of ether oxygens (including phenoxy) is 10. The van der Waals surface area contributed by atoms with Crippen LogP contribution in [-0.2, 0) is 65.3 Å². The second-order valence-corrected chi connectivity index (χ2v) is 10.9. The van der Waals surface area contributed by atoms with Gasteiger partial charge in [-0.3, -0.25) is 9.48 Å². The zero-order chi connectivity index (χ0) is 33.2. The van der Waals surface area contributed by atoms with Crippen LogP contribution in [0.4, 0.5) is 0 Å². The number of carbonyl (C=O) groups excluding carboxylic acids is 1. The zero-order valence-electron chi connectivity index (χ0n) is 28.7. The lowest BCUT2D eigenvalue weighted by atomic mass is 10.1. The van der Waals surface area contributed by atoms with Crippen LogP contribution in [0, 0.1) is 5.92 Å².